The molecule has 2 fully saturated rings. The fourth-order valence-electron chi connectivity index (χ4n) is 4.39. The Labute approximate surface area is 155 Å². The number of likely N-dealkylation sites (tertiary alicyclic amines) is 2. The third-order valence-electron chi connectivity index (χ3n) is 5.90. The van der Waals surface area contributed by atoms with E-state index in [2.05, 4.69) is 50.3 Å². The number of hydrogen-bond acceptors (Lipinski definition) is 3. The number of benzene rings is 1. The smallest absolute Gasteiger partial charge is 0.239 e. The third-order valence-corrected chi connectivity index (χ3v) is 5.90. The lowest BCUT2D eigenvalue weighted by Gasteiger charge is -2.40. The zero-order valence-corrected chi connectivity index (χ0v) is 15.3. The molecule has 0 saturated carbocycles. The van der Waals surface area contributed by atoms with Crippen LogP contribution in [-0.4, -0.2) is 51.6 Å². The molecule has 0 radical (unpaired) electrons. The second-order valence-electron chi connectivity index (χ2n) is 7.58. The van der Waals surface area contributed by atoms with E-state index in [0.29, 0.717) is 11.8 Å². The van der Waals surface area contributed by atoms with Gasteiger partial charge >= 0.3 is 0 Å². The van der Waals surface area contributed by atoms with Crippen LogP contribution in [0.25, 0.3) is 0 Å². The SMILES string of the molecule is O=C([C@@H]1CCCCN1Cc1ccccc1)N1CCC(c2ccn[nH]2)CC1. The molecule has 138 valence electrons. The van der Waals surface area contributed by atoms with Crippen molar-refractivity contribution in [2.45, 2.75) is 50.6 Å². The summed E-state index contributed by atoms with van der Waals surface area (Å²) in [5.74, 6) is 0.844. The highest BCUT2D eigenvalue weighted by Crippen LogP contribution is 2.28. The van der Waals surface area contributed by atoms with Crippen LogP contribution in [0.5, 0.6) is 0 Å². The van der Waals surface area contributed by atoms with Crippen LogP contribution in [0.2, 0.25) is 0 Å². The first kappa shape index (κ1) is 17.3. The van der Waals surface area contributed by atoms with Gasteiger partial charge in [-0.15, -0.1) is 0 Å². The van der Waals surface area contributed by atoms with Crippen LogP contribution in [0.4, 0.5) is 0 Å². The summed E-state index contributed by atoms with van der Waals surface area (Å²) in [6.45, 7) is 3.62. The van der Waals surface area contributed by atoms with Gasteiger partial charge in [0.15, 0.2) is 0 Å². The molecule has 3 heterocycles. The molecule has 1 atom stereocenters. The summed E-state index contributed by atoms with van der Waals surface area (Å²) >= 11 is 0. The van der Waals surface area contributed by atoms with Gasteiger partial charge in [-0.3, -0.25) is 14.8 Å². The van der Waals surface area contributed by atoms with Gasteiger partial charge in [0.25, 0.3) is 0 Å². The van der Waals surface area contributed by atoms with Gasteiger partial charge < -0.3 is 4.90 Å². The van der Waals surface area contributed by atoms with Gasteiger partial charge in [-0.05, 0) is 43.9 Å². The second kappa shape index (κ2) is 8.04. The minimum Gasteiger partial charge on any atom is -0.341 e. The van der Waals surface area contributed by atoms with Gasteiger partial charge in [-0.1, -0.05) is 36.8 Å². The van der Waals surface area contributed by atoms with E-state index in [0.717, 1.165) is 51.9 Å². The van der Waals surface area contributed by atoms with Crippen LogP contribution in [0.1, 0.15) is 49.3 Å². The summed E-state index contributed by atoms with van der Waals surface area (Å²) < 4.78 is 0. The summed E-state index contributed by atoms with van der Waals surface area (Å²) in [5.41, 5.74) is 2.51. The molecule has 0 spiro atoms. The average molecular weight is 352 g/mol. The number of aromatic nitrogens is 2. The minimum atomic E-state index is 0.0488. The van der Waals surface area contributed by atoms with Crippen molar-refractivity contribution >= 4 is 5.91 Å². The van der Waals surface area contributed by atoms with E-state index in [-0.39, 0.29) is 6.04 Å². The molecule has 1 aromatic carbocycles. The Hall–Kier alpha value is -2.14. The minimum absolute atomic E-state index is 0.0488. The first-order valence-electron chi connectivity index (χ1n) is 9.87. The van der Waals surface area contributed by atoms with Crippen molar-refractivity contribution < 1.29 is 4.79 Å². The molecule has 5 heteroatoms. The number of carbonyl (C=O) groups is 1. The number of nitrogens with one attached hydrogen (secondary N) is 1. The van der Waals surface area contributed by atoms with Gasteiger partial charge in [0.05, 0.1) is 6.04 Å². The van der Waals surface area contributed by atoms with Crippen LogP contribution < -0.4 is 0 Å². The van der Waals surface area contributed by atoms with E-state index in [1.807, 2.05) is 12.3 Å². The van der Waals surface area contributed by atoms with Crippen molar-refractivity contribution in [1.82, 2.24) is 20.0 Å². The highest BCUT2D eigenvalue weighted by Gasteiger charge is 2.34. The zero-order valence-electron chi connectivity index (χ0n) is 15.3. The number of amides is 1. The molecule has 2 aromatic rings. The lowest BCUT2D eigenvalue weighted by molar-refractivity contribution is -0.139. The third kappa shape index (κ3) is 3.83. The van der Waals surface area contributed by atoms with Crippen LogP contribution in [0.3, 0.4) is 0 Å². The van der Waals surface area contributed by atoms with E-state index < -0.39 is 0 Å². The topological polar surface area (TPSA) is 52.2 Å². The summed E-state index contributed by atoms with van der Waals surface area (Å²) in [4.78, 5) is 17.7. The standard InChI is InChI=1S/C21H28N4O/c26-21(24-14-10-18(11-15-24)19-9-12-22-23-19)20-8-4-5-13-25(20)16-17-6-2-1-3-7-17/h1-3,6-7,9,12,18,20H,4-5,8,10-11,13-16H2,(H,22,23)/t20-/m0/s1. The predicted molar refractivity (Wildman–Crippen MR) is 102 cm³/mol. The summed E-state index contributed by atoms with van der Waals surface area (Å²) in [6, 6.07) is 12.6. The lowest BCUT2D eigenvalue weighted by Crippen LogP contribution is -2.52. The van der Waals surface area contributed by atoms with E-state index in [1.54, 1.807) is 0 Å². The summed E-state index contributed by atoms with van der Waals surface area (Å²) in [5, 5.41) is 7.15. The number of nitrogens with zero attached hydrogens (tertiary/aromatic N) is 3. The molecular formula is C21H28N4O. The van der Waals surface area contributed by atoms with Crippen molar-refractivity contribution in [2.75, 3.05) is 19.6 Å². The highest BCUT2D eigenvalue weighted by molar-refractivity contribution is 5.82. The largest absolute Gasteiger partial charge is 0.341 e. The van der Waals surface area contributed by atoms with Crippen molar-refractivity contribution in [3.8, 4) is 0 Å². The Kier molecular flexibility index (Phi) is 5.34. The van der Waals surface area contributed by atoms with Gasteiger partial charge in [-0.2, -0.15) is 5.10 Å². The number of hydrogen-bond donors (Lipinski definition) is 1. The fraction of sp³-hybridized carbons (Fsp3) is 0.524. The number of rotatable bonds is 4. The number of carbonyl (C=O) groups excluding carboxylic acids is 1. The Bertz CT molecular complexity index is 692. The molecule has 26 heavy (non-hydrogen) atoms. The first-order valence-corrected chi connectivity index (χ1v) is 9.87. The molecule has 0 bridgehead atoms. The van der Waals surface area contributed by atoms with Gasteiger partial charge in [0, 0.05) is 37.4 Å². The number of piperidine rings is 2. The Balaban J connectivity index is 1.38. The molecule has 1 N–H and O–H groups in total. The molecular weight excluding hydrogens is 324 g/mol. The predicted octanol–water partition coefficient (Wildman–Crippen LogP) is 3.17. The molecule has 2 saturated heterocycles. The zero-order chi connectivity index (χ0) is 17.8. The maximum atomic E-state index is 13.2. The maximum Gasteiger partial charge on any atom is 0.239 e. The van der Waals surface area contributed by atoms with Crippen LogP contribution in [-0.2, 0) is 11.3 Å². The van der Waals surface area contributed by atoms with E-state index >= 15 is 0 Å². The normalized spacial score (nSPS) is 22.5. The number of aromatic amines is 1. The van der Waals surface area contributed by atoms with Crippen molar-refractivity contribution in [3.05, 3.63) is 53.9 Å². The highest BCUT2D eigenvalue weighted by atomic mass is 16.2. The molecule has 2 aliphatic rings. The summed E-state index contributed by atoms with van der Waals surface area (Å²) in [7, 11) is 0. The monoisotopic (exact) mass is 352 g/mol. The molecule has 0 unspecified atom stereocenters. The number of H-pyrrole nitrogens is 1. The lowest BCUT2D eigenvalue weighted by atomic mass is 9.92. The molecule has 2 aliphatic heterocycles. The van der Waals surface area contributed by atoms with Gasteiger partial charge in [0.1, 0.15) is 0 Å². The summed E-state index contributed by atoms with van der Waals surface area (Å²) in [6.07, 6.45) is 7.21. The maximum absolute atomic E-state index is 13.2. The van der Waals surface area contributed by atoms with Crippen molar-refractivity contribution in [1.29, 1.82) is 0 Å². The average Bonchev–Trinajstić information content (AvgIpc) is 3.24. The van der Waals surface area contributed by atoms with Crippen LogP contribution in [0, 0.1) is 0 Å². The Morgan fingerprint density at radius 1 is 1.04 bits per heavy atom. The van der Waals surface area contributed by atoms with Crippen molar-refractivity contribution in [2.24, 2.45) is 0 Å². The van der Waals surface area contributed by atoms with Crippen molar-refractivity contribution in [3.63, 3.8) is 0 Å². The van der Waals surface area contributed by atoms with E-state index in [4.69, 9.17) is 0 Å². The van der Waals surface area contributed by atoms with Gasteiger partial charge in [-0.25, -0.2) is 0 Å². The van der Waals surface area contributed by atoms with Crippen LogP contribution in [0.15, 0.2) is 42.6 Å². The molecule has 1 aromatic heterocycles. The molecule has 0 aliphatic carbocycles. The Morgan fingerprint density at radius 3 is 2.58 bits per heavy atom. The molecule has 1 amide bonds. The quantitative estimate of drug-likeness (QED) is 0.919. The van der Waals surface area contributed by atoms with E-state index in [9.17, 15) is 4.79 Å². The fourth-order valence-corrected chi connectivity index (χ4v) is 4.39. The Morgan fingerprint density at radius 2 is 1.85 bits per heavy atom. The molecule has 4 rings (SSSR count). The van der Waals surface area contributed by atoms with Crippen LogP contribution >= 0.6 is 0 Å². The second-order valence-corrected chi connectivity index (χ2v) is 7.58. The van der Waals surface area contributed by atoms with Gasteiger partial charge in [0.2, 0.25) is 5.91 Å². The van der Waals surface area contributed by atoms with E-state index in [1.165, 1.54) is 17.7 Å². The molecule has 5 nitrogen and oxygen atoms in total. The first-order chi connectivity index (χ1) is 12.8.